The lowest BCUT2D eigenvalue weighted by Crippen LogP contribution is -2.35. The quantitative estimate of drug-likeness (QED) is 0.873. The third-order valence-corrected chi connectivity index (χ3v) is 3.52. The van der Waals surface area contributed by atoms with Crippen LogP contribution in [0.15, 0.2) is 18.3 Å². The largest absolute Gasteiger partial charge is 0.476 e. The minimum absolute atomic E-state index is 0.166. The van der Waals surface area contributed by atoms with Crippen molar-refractivity contribution in [1.82, 2.24) is 4.98 Å². The van der Waals surface area contributed by atoms with E-state index in [4.69, 9.17) is 0 Å². The number of aromatic carboxylic acids is 1. The van der Waals surface area contributed by atoms with Gasteiger partial charge in [0.1, 0.15) is 0 Å². The summed E-state index contributed by atoms with van der Waals surface area (Å²) in [5.74, 6) is -0.949. The first-order valence-corrected chi connectivity index (χ1v) is 6.11. The average Bonchev–Trinajstić information content (AvgIpc) is 2.70. The molecule has 4 heteroatoms. The second-order valence-electron chi connectivity index (χ2n) is 4.57. The van der Waals surface area contributed by atoms with Crippen molar-refractivity contribution in [3.05, 3.63) is 24.0 Å². The van der Waals surface area contributed by atoms with Crippen LogP contribution in [0.3, 0.4) is 0 Å². The van der Waals surface area contributed by atoms with E-state index in [1.807, 2.05) is 6.07 Å². The highest BCUT2D eigenvalue weighted by Crippen LogP contribution is 2.33. The molecule has 1 aliphatic heterocycles. The van der Waals surface area contributed by atoms with Gasteiger partial charge in [0.05, 0.1) is 5.69 Å². The molecule has 1 N–H and O–H groups in total. The Morgan fingerprint density at radius 1 is 1.59 bits per heavy atom. The number of pyridine rings is 1. The van der Waals surface area contributed by atoms with Crippen LogP contribution in [0.5, 0.6) is 0 Å². The van der Waals surface area contributed by atoms with Gasteiger partial charge in [0, 0.05) is 18.3 Å². The zero-order valence-corrected chi connectivity index (χ0v) is 10.3. The van der Waals surface area contributed by atoms with Gasteiger partial charge >= 0.3 is 5.97 Å². The first-order valence-electron chi connectivity index (χ1n) is 6.11. The number of rotatable bonds is 3. The molecule has 92 valence electrons. The van der Waals surface area contributed by atoms with Gasteiger partial charge < -0.3 is 10.0 Å². The van der Waals surface area contributed by atoms with E-state index in [0.29, 0.717) is 12.1 Å². The van der Waals surface area contributed by atoms with Crippen molar-refractivity contribution in [2.45, 2.75) is 45.2 Å². The van der Waals surface area contributed by atoms with Crippen LogP contribution in [0.2, 0.25) is 0 Å². The predicted octanol–water partition coefficient (Wildman–Crippen LogP) is 2.55. The monoisotopic (exact) mass is 234 g/mol. The van der Waals surface area contributed by atoms with Crippen LogP contribution in [-0.4, -0.2) is 28.1 Å². The molecule has 2 atom stereocenters. The van der Waals surface area contributed by atoms with E-state index in [1.54, 1.807) is 6.07 Å². The van der Waals surface area contributed by atoms with Crippen LogP contribution in [0, 0.1) is 0 Å². The fourth-order valence-electron chi connectivity index (χ4n) is 2.68. The summed E-state index contributed by atoms with van der Waals surface area (Å²) >= 11 is 0. The van der Waals surface area contributed by atoms with E-state index < -0.39 is 5.97 Å². The van der Waals surface area contributed by atoms with Crippen LogP contribution in [0.1, 0.15) is 43.6 Å². The molecule has 0 saturated carbocycles. The Morgan fingerprint density at radius 2 is 2.35 bits per heavy atom. The number of hydrogen-bond donors (Lipinski definition) is 1. The zero-order chi connectivity index (χ0) is 12.4. The summed E-state index contributed by atoms with van der Waals surface area (Å²) in [6.45, 7) is 4.29. The van der Waals surface area contributed by atoms with Crippen LogP contribution in [0.4, 0.5) is 5.69 Å². The predicted molar refractivity (Wildman–Crippen MR) is 66.5 cm³/mol. The van der Waals surface area contributed by atoms with Gasteiger partial charge in [0.2, 0.25) is 0 Å². The second kappa shape index (κ2) is 4.73. The minimum atomic E-state index is -0.949. The molecule has 0 spiro atoms. The first kappa shape index (κ1) is 11.9. The Bertz CT molecular complexity index is 420. The van der Waals surface area contributed by atoms with Crippen molar-refractivity contribution < 1.29 is 9.90 Å². The SMILES string of the molecule is CCC1CCC(C)N1c1cccnc1C(=O)O. The van der Waals surface area contributed by atoms with Gasteiger partial charge in [0.15, 0.2) is 5.69 Å². The Labute approximate surface area is 101 Å². The highest BCUT2D eigenvalue weighted by atomic mass is 16.4. The molecule has 1 aromatic heterocycles. The molecule has 1 saturated heterocycles. The second-order valence-corrected chi connectivity index (χ2v) is 4.57. The summed E-state index contributed by atoms with van der Waals surface area (Å²) in [6, 6.07) is 4.50. The van der Waals surface area contributed by atoms with Crippen LogP contribution < -0.4 is 4.90 Å². The highest BCUT2D eigenvalue weighted by molar-refractivity contribution is 5.92. The van der Waals surface area contributed by atoms with E-state index in [-0.39, 0.29) is 5.69 Å². The molecule has 2 heterocycles. The maximum atomic E-state index is 11.2. The van der Waals surface area contributed by atoms with Crippen molar-refractivity contribution in [3.63, 3.8) is 0 Å². The lowest BCUT2D eigenvalue weighted by atomic mass is 10.1. The van der Waals surface area contributed by atoms with Crippen LogP contribution in [-0.2, 0) is 0 Å². The van der Waals surface area contributed by atoms with Crippen molar-refractivity contribution in [3.8, 4) is 0 Å². The third kappa shape index (κ3) is 2.12. The maximum absolute atomic E-state index is 11.2. The van der Waals surface area contributed by atoms with E-state index in [1.165, 1.54) is 6.20 Å². The molecule has 0 radical (unpaired) electrons. The summed E-state index contributed by atoms with van der Waals surface area (Å²) < 4.78 is 0. The normalized spacial score (nSPS) is 24.0. The summed E-state index contributed by atoms with van der Waals surface area (Å²) in [4.78, 5) is 17.4. The van der Waals surface area contributed by atoms with Crippen LogP contribution in [0.25, 0.3) is 0 Å². The summed E-state index contributed by atoms with van der Waals surface area (Å²) in [5.41, 5.74) is 0.927. The lowest BCUT2D eigenvalue weighted by Gasteiger charge is -2.30. The minimum Gasteiger partial charge on any atom is -0.476 e. The topological polar surface area (TPSA) is 53.4 Å². The molecule has 4 nitrogen and oxygen atoms in total. The summed E-state index contributed by atoms with van der Waals surface area (Å²) in [7, 11) is 0. The van der Waals surface area contributed by atoms with Gasteiger partial charge in [-0.15, -0.1) is 0 Å². The molecule has 0 bridgehead atoms. The molecular formula is C13H18N2O2. The number of aromatic nitrogens is 1. The third-order valence-electron chi connectivity index (χ3n) is 3.52. The fraction of sp³-hybridized carbons (Fsp3) is 0.538. The van der Waals surface area contributed by atoms with Crippen LogP contribution >= 0.6 is 0 Å². The number of carbonyl (C=O) groups is 1. The van der Waals surface area contributed by atoms with Gasteiger partial charge in [-0.2, -0.15) is 0 Å². The molecule has 0 aliphatic carbocycles. The molecule has 17 heavy (non-hydrogen) atoms. The summed E-state index contributed by atoms with van der Waals surface area (Å²) in [6.07, 6.45) is 4.82. The number of carboxylic acids is 1. The Kier molecular flexibility index (Phi) is 3.31. The number of carboxylic acid groups (broad SMARTS) is 1. The molecule has 1 aliphatic rings. The van der Waals surface area contributed by atoms with E-state index in [9.17, 15) is 9.90 Å². The van der Waals surface area contributed by atoms with Gasteiger partial charge in [-0.1, -0.05) is 6.92 Å². The number of anilines is 1. The molecule has 2 rings (SSSR count). The van der Waals surface area contributed by atoms with E-state index in [0.717, 1.165) is 24.9 Å². The van der Waals surface area contributed by atoms with Crippen molar-refractivity contribution in [2.75, 3.05) is 4.90 Å². The lowest BCUT2D eigenvalue weighted by molar-refractivity contribution is 0.0691. The molecule has 0 aromatic carbocycles. The van der Waals surface area contributed by atoms with Crippen molar-refractivity contribution >= 4 is 11.7 Å². The van der Waals surface area contributed by atoms with Gasteiger partial charge in [-0.25, -0.2) is 9.78 Å². The standard InChI is InChI=1S/C13H18N2O2/c1-3-10-7-6-9(2)15(10)11-5-4-8-14-12(11)13(16)17/h4-5,8-10H,3,6-7H2,1-2H3,(H,16,17). The fourth-order valence-corrected chi connectivity index (χ4v) is 2.68. The first-order chi connectivity index (χ1) is 8.15. The number of hydrogen-bond acceptors (Lipinski definition) is 3. The molecule has 1 fully saturated rings. The molecule has 1 aromatic rings. The molecular weight excluding hydrogens is 216 g/mol. The van der Waals surface area contributed by atoms with E-state index in [2.05, 4.69) is 23.7 Å². The smallest absolute Gasteiger partial charge is 0.356 e. The highest BCUT2D eigenvalue weighted by Gasteiger charge is 2.32. The zero-order valence-electron chi connectivity index (χ0n) is 10.3. The molecule has 2 unspecified atom stereocenters. The molecule has 0 amide bonds. The van der Waals surface area contributed by atoms with Gasteiger partial charge in [-0.05, 0) is 38.3 Å². The van der Waals surface area contributed by atoms with Gasteiger partial charge in [0.25, 0.3) is 0 Å². The Balaban J connectivity index is 2.41. The number of nitrogens with zero attached hydrogens (tertiary/aromatic N) is 2. The Morgan fingerprint density at radius 3 is 3.00 bits per heavy atom. The summed E-state index contributed by atoms with van der Waals surface area (Å²) in [5, 5.41) is 9.18. The average molecular weight is 234 g/mol. The maximum Gasteiger partial charge on any atom is 0.356 e. The van der Waals surface area contributed by atoms with Crippen molar-refractivity contribution in [1.29, 1.82) is 0 Å². The van der Waals surface area contributed by atoms with E-state index >= 15 is 0 Å². The van der Waals surface area contributed by atoms with Crippen molar-refractivity contribution in [2.24, 2.45) is 0 Å². The van der Waals surface area contributed by atoms with Gasteiger partial charge in [-0.3, -0.25) is 0 Å². The Hall–Kier alpha value is -1.58.